The van der Waals surface area contributed by atoms with E-state index in [1.165, 1.54) is 12.1 Å². The molecule has 0 saturated carbocycles. The smallest absolute Gasteiger partial charge is 0.258 e. The quantitative estimate of drug-likeness (QED) is 0.0368. The van der Waals surface area contributed by atoms with Gasteiger partial charge in [-0.05, 0) is 104 Å². The van der Waals surface area contributed by atoms with Gasteiger partial charge in [0, 0.05) is 112 Å². The number of aromatic nitrogens is 2. The molecule has 4 saturated heterocycles. The largest absolute Gasteiger partial charge is 0.381 e. The molecule has 1 aromatic heterocycles. The molecule has 0 radical (unpaired) electrons. The zero-order valence-corrected chi connectivity index (χ0v) is 44.4. The first kappa shape index (κ1) is 56.5. The second-order valence-electron chi connectivity index (χ2n) is 20.0. The molecule has 4 aliphatic rings. The Balaban J connectivity index is 0.612. The molecule has 4 aromatic carbocycles. The van der Waals surface area contributed by atoms with Gasteiger partial charge in [0.15, 0.2) is 5.82 Å². The van der Waals surface area contributed by atoms with E-state index >= 15 is 0 Å². The lowest BCUT2D eigenvalue weighted by molar-refractivity contribution is -0.134. The molecule has 5 amide bonds. The number of hydrogen-bond donors (Lipinski definition) is 5. The van der Waals surface area contributed by atoms with Gasteiger partial charge in [0.25, 0.3) is 5.91 Å². The van der Waals surface area contributed by atoms with Crippen LogP contribution in [0.25, 0.3) is 10.9 Å². The number of carbonyl (C=O) groups is 5. The number of nitrogens with one attached hydrogen (secondary N) is 5. The number of fused-ring (bicyclic) bond motifs is 1. The fourth-order valence-electron chi connectivity index (χ4n) is 10.1. The molecule has 79 heavy (non-hydrogen) atoms. The van der Waals surface area contributed by atoms with E-state index in [1.54, 1.807) is 0 Å². The Labute approximate surface area is 457 Å². The SMILES string of the molecule is O=C1CCC(Nc2ccc(N3CCN(C(=O)CCOCCOCCOCCOCCC(=O)N4CCN(c5ccc(C(=O)Nc6n[nH]c7ccc(Cc8cc(F)cc(F)c8)cc67)c(NC6CCOCC6)c5)CC4)CC3)cc2)C(=O)N1. The fraction of sp³-hybridized carbons (Fsp3) is 0.474. The van der Waals surface area contributed by atoms with Gasteiger partial charge in [-0.1, -0.05) is 6.07 Å². The molecule has 5 heterocycles. The van der Waals surface area contributed by atoms with Crippen LogP contribution in [0.1, 0.15) is 60.0 Å². The Morgan fingerprint density at radius 1 is 0.633 bits per heavy atom. The van der Waals surface area contributed by atoms with Crippen molar-refractivity contribution in [1.29, 1.82) is 0 Å². The van der Waals surface area contributed by atoms with Crippen molar-refractivity contribution in [2.45, 2.75) is 57.0 Å². The van der Waals surface area contributed by atoms with Crippen LogP contribution in [0.2, 0.25) is 0 Å². The maximum atomic E-state index is 14.0. The summed E-state index contributed by atoms with van der Waals surface area (Å²) in [5.74, 6) is -1.75. The number of benzene rings is 4. The highest BCUT2D eigenvalue weighted by molar-refractivity contribution is 6.11. The van der Waals surface area contributed by atoms with Crippen molar-refractivity contribution in [3.8, 4) is 0 Å². The summed E-state index contributed by atoms with van der Waals surface area (Å²) < 4.78 is 56.0. The zero-order chi connectivity index (χ0) is 54.9. The van der Waals surface area contributed by atoms with Gasteiger partial charge in [0.05, 0.1) is 76.8 Å². The fourth-order valence-corrected chi connectivity index (χ4v) is 10.1. The van der Waals surface area contributed by atoms with Crippen LogP contribution in [-0.4, -0.2) is 180 Å². The Morgan fingerprint density at radius 3 is 1.82 bits per heavy atom. The lowest BCUT2D eigenvalue weighted by Gasteiger charge is -2.36. The third-order valence-corrected chi connectivity index (χ3v) is 14.5. The second kappa shape index (κ2) is 28.1. The monoisotopic (exact) mass is 1090 g/mol. The number of carbonyl (C=O) groups excluding carboxylic acids is 5. The van der Waals surface area contributed by atoms with Crippen molar-refractivity contribution in [3.63, 3.8) is 0 Å². The number of H-pyrrole nitrogens is 1. The van der Waals surface area contributed by atoms with E-state index in [0.29, 0.717) is 171 Å². The van der Waals surface area contributed by atoms with Gasteiger partial charge in [0.1, 0.15) is 17.7 Å². The summed E-state index contributed by atoms with van der Waals surface area (Å²) >= 11 is 0. The van der Waals surface area contributed by atoms with E-state index in [4.69, 9.17) is 23.7 Å². The first-order valence-electron chi connectivity index (χ1n) is 27.3. The molecule has 422 valence electrons. The number of piperidine rings is 1. The van der Waals surface area contributed by atoms with Crippen molar-refractivity contribution in [1.82, 2.24) is 25.3 Å². The molecule has 5 N–H and O–H groups in total. The summed E-state index contributed by atoms with van der Waals surface area (Å²) in [6.45, 7) is 9.10. The third kappa shape index (κ3) is 16.2. The second-order valence-corrected chi connectivity index (χ2v) is 20.0. The summed E-state index contributed by atoms with van der Waals surface area (Å²) in [4.78, 5) is 71.6. The van der Waals surface area contributed by atoms with Gasteiger partial charge >= 0.3 is 0 Å². The number of ether oxygens (including phenoxy) is 5. The minimum atomic E-state index is -0.641. The average molecular weight is 1090 g/mol. The van der Waals surface area contributed by atoms with Gasteiger partial charge in [-0.3, -0.25) is 34.4 Å². The van der Waals surface area contributed by atoms with Crippen molar-refractivity contribution < 1.29 is 56.4 Å². The molecule has 20 nitrogen and oxygen atoms in total. The minimum Gasteiger partial charge on any atom is -0.381 e. The molecular formula is C57H70F2N10O10. The standard InChI is InChI=1S/C57H70F2N10O10/c58-41-34-40(35-42(59)37-41)33-39-1-8-49-48(36-39)55(65-64-49)63-56(73)47-7-6-46(38-51(47)61-44-11-23-75-24-12-44)67-17-21-69(22-18-67)54(72)14-26-77-28-30-79-32-31-78-29-27-76-25-13-53(71)68-19-15-66(16-20-68)45-4-2-43(3-5-45)60-50-9-10-52(70)62-57(50)74/h1-8,34-38,44,50,60-61H,9-33H2,(H,62,70,74)(H2,63,64,65,73). The number of anilines is 5. The molecule has 4 aliphatic heterocycles. The number of halogens is 2. The topological polar surface area (TPSA) is 221 Å². The first-order valence-corrected chi connectivity index (χ1v) is 27.3. The predicted molar refractivity (Wildman–Crippen MR) is 293 cm³/mol. The van der Waals surface area contributed by atoms with Crippen LogP contribution in [0.3, 0.4) is 0 Å². The molecule has 0 aliphatic carbocycles. The summed E-state index contributed by atoms with van der Waals surface area (Å²) in [6.07, 6.45) is 3.24. The Kier molecular flexibility index (Phi) is 20.1. The van der Waals surface area contributed by atoms with Crippen LogP contribution in [0.15, 0.2) is 78.9 Å². The van der Waals surface area contributed by atoms with Gasteiger partial charge in [-0.15, -0.1) is 0 Å². The van der Waals surface area contributed by atoms with E-state index in [1.807, 2.05) is 70.5 Å². The Bertz CT molecular complexity index is 2850. The molecule has 9 rings (SSSR count). The number of amides is 5. The third-order valence-electron chi connectivity index (χ3n) is 14.5. The molecule has 4 fully saturated rings. The van der Waals surface area contributed by atoms with Crippen molar-refractivity contribution >= 4 is 69.0 Å². The van der Waals surface area contributed by atoms with E-state index < -0.39 is 17.7 Å². The number of piperazine rings is 2. The predicted octanol–water partition coefficient (Wildman–Crippen LogP) is 5.34. The van der Waals surface area contributed by atoms with E-state index in [9.17, 15) is 32.8 Å². The first-order chi connectivity index (χ1) is 38.5. The van der Waals surface area contributed by atoms with Crippen LogP contribution in [0, 0.1) is 11.6 Å². The van der Waals surface area contributed by atoms with E-state index in [2.05, 4.69) is 41.3 Å². The summed E-state index contributed by atoms with van der Waals surface area (Å²) in [5.41, 5.74) is 5.91. The normalized spacial score (nSPS) is 17.3. The highest BCUT2D eigenvalue weighted by Gasteiger charge is 2.28. The molecule has 0 spiro atoms. The number of imide groups is 1. The molecule has 1 unspecified atom stereocenters. The molecule has 22 heteroatoms. The lowest BCUT2D eigenvalue weighted by atomic mass is 10.0. The average Bonchev–Trinajstić information content (AvgIpc) is 3.93. The number of hydrogen-bond acceptors (Lipinski definition) is 15. The van der Waals surface area contributed by atoms with Crippen LogP contribution >= 0.6 is 0 Å². The van der Waals surface area contributed by atoms with Crippen LogP contribution in [0.5, 0.6) is 0 Å². The molecular weight excluding hydrogens is 1020 g/mol. The van der Waals surface area contributed by atoms with Crippen LogP contribution < -0.4 is 31.1 Å². The number of nitrogens with zero attached hydrogens (tertiary/aromatic N) is 5. The summed E-state index contributed by atoms with van der Waals surface area (Å²) in [6, 6.07) is 22.2. The van der Waals surface area contributed by atoms with Gasteiger partial charge < -0.3 is 59.2 Å². The Hall–Kier alpha value is -7.24. The van der Waals surface area contributed by atoms with Crippen molar-refractivity contribution in [3.05, 3.63) is 107 Å². The van der Waals surface area contributed by atoms with E-state index in [0.717, 1.165) is 41.5 Å². The van der Waals surface area contributed by atoms with Crippen molar-refractivity contribution in [2.24, 2.45) is 0 Å². The summed E-state index contributed by atoms with van der Waals surface area (Å²) in [5, 5.41) is 20.2. The lowest BCUT2D eigenvalue weighted by Crippen LogP contribution is -2.49. The molecule has 1 atom stereocenters. The molecule has 5 aromatic rings. The van der Waals surface area contributed by atoms with Gasteiger partial charge in [-0.2, -0.15) is 5.10 Å². The summed E-state index contributed by atoms with van der Waals surface area (Å²) in [7, 11) is 0. The zero-order valence-electron chi connectivity index (χ0n) is 44.4. The highest BCUT2D eigenvalue weighted by atomic mass is 19.1. The Morgan fingerprint density at radius 2 is 1.22 bits per heavy atom. The van der Waals surface area contributed by atoms with Crippen LogP contribution in [-0.2, 0) is 49.3 Å². The number of rotatable bonds is 25. The maximum Gasteiger partial charge on any atom is 0.258 e. The van der Waals surface area contributed by atoms with Crippen LogP contribution in [0.4, 0.5) is 37.3 Å². The number of aromatic amines is 1. The van der Waals surface area contributed by atoms with Gasteiger partial charge in [0.2, 0.25) is 23.6 Å². The maximum absolute atomic E-state index is 14.0. The minimum absolute atomic E-state index is 0.0253. The molecule has 0 bridgehead atoms. The van der Waals surface area contributed by atoms with Gasteiger partial charge in [-0.25, -0.2) is 8.78 Å². The highest BCUT2D eigenvalue weighted by Crippen LogP contribution is 2.30. The van der Waals surface area contributed by atoms with Crippen molar-refractivity contribution in [2.75, 3.05) is 144 Å². The van der Waals surface area contributed by atoms with E-state index in [-0.39, 0.29) is 48.6 Å².